The number of fused-ring (bicyclic) bond motifs is 1. The second-order valence-electron chi connectivity index (χ2n) is 5.38. The van der Waals surface area contributed by atoms with Gasteiger partial charge in [-0.3, -0.25) is 14.7 Å². The number of hydrogen-bond donors (Lipinski definition) is 0. The Morgan fingerprint density at radius 1 is 1.14 bits per heavy atom. The molecule has 1 aromatic carbocycles. The van der Waals surface area contributed by atoms with Crippen molar-refractivity contribution in [2.24, 2.45) is 10.9 Å². The number of para-hydroxylation sites is 1. The summed E-state index contributed by atoms with van der Waals surface area (Å²) in [5, 5.41) is 4.56. The summed E-state index contributed by atoms with van der Waals surface area (Å²) in [6.45, 7) is 5.70. The summed E-state index contributed by atoms with van der Waals surface area (Å²) in [6, 6.07) is 9.80. The van der Waals surface area contributed by atoms with Crippen molar-refractivity contribution in [3.8, 4) is 5.69 Å². The first kappa shape index (κ1) is 13.5. The molecular formula is C16H18N4O. The van der Waals surface area contributed by atoms with Gasteiger partial charge in [-0.2, -0.15) is 5.10 Å². The molecule has 108 valence electrons. The zero-order valence-electron chi connectivity index (χ0n) is 12.7. The van der Waals surface area contributed by atoms with Gasteiger partial charge in [-0.15, -0.1) is 0 Å². The number of hydrogen-bond acceptors (Lipinski definition) is 3. The summed E-state index contributed by atoms with van der Waals surface area (Å²) >= 11 is 0. The minimum atomic E-state index is -0.217. The van der Waals surface area contributed by atoms with Gasteiger partial charge in [0.05, 0.1) is 17.3 Å². The molecule has 1 amide bonds. The maximum Gasteiger partial charge on any atom is 0.236 e. The van der Waals surface area contributed by atoms with Crippen LogP contribution in [0.1, 0.15) is 19.5 Å². The fraction of sp³-hybridized carbons (Fsp3) is 0.312. The van der Waals surface area contributed by atoms with Crippen molar-refractivity contribution in [2.75, 3.05) is 11.9 Å². The molecule has 0 radical (unpaired) electrons. The molecule has 0 spiro atoms. The summed E-state index contributed by atoms with van der Waals surface area (Å²) in [4.78, 5) is 18.8. The lowest BCUT2D eigenvalue weighted by Crippen LogP contribution is -2.34. The quantitative estimate of drug-likeness (QED) is 0.807. The number of rotatable bonds is 1. The van der Waals surface area contributed by atoms with Crippen LogP contribution in [-0.4, -0.2) is 28.4 Å². The summed E-state index contributed by atoms with van der Waals surface area (Å²) in [6.07, 6.45) is 0. The lowest BCUT2D eigenvalue weighted by Gasteiger charge is -2.20. The third-order valence-corrected chi connectivity index (χ3v) is 3.94. The fourth-order valence-electron chi connectivity index (χ4n) is 2.53. The van der Waals surface area contributed by atoms with Crippen molar-refractivity contribution in [3.63, 3.8) is 0 Å². The van der Waals surface area contributed by atoms with E-state index in [-0.39, 0.29) is 11.8 Å². The van der Waals surface area contributed by atoms with Gasteiger partial charge in [0.25, 0.3) is 0 Å². The normalized spacial score (nSPS) is 18.3. The van der Waals surface area contributed by atoms with E-state index in [0.717, 1.165) is 28.6 Å². The topological polar surface area (TPSA) is 50.5 Å². The summed E-state index contributed by atoms with van der Waals surface area (Å²) in [5.74, 6) is 0.547. The number of benzene rings is 1. The molecule has 1 unspecified atom stereocenters. The maximum absolute atomic E-state index is 12.5. The van der Waals surface area contributed by atoms with Crippen LogP contribution in [0.3, 0.4) is 0 Å². The van der Waals surface area contributed by atoms with Crippen molar-refractivity contribution < 1.29 is 4.79 Å². The van der Waals surface area contributed by atoms with E-state index in [2.05, 4.69) is 10.1 Å². The summed E-state index contributed by atoms with van der Waals surface area (Å²) < 4.78 is 1.79. The van der Waals surface area contributed by atoms with E-state index in [4.69, 9.17) is 0 Å². The standard InChI is InChI=1S/C16H18N4O/c1-10-11(2)17-14-12(3)18-20(13-8-6-5-7-9-13)15(14)19(4)16(10)21/h5-10H,1-4H3. The highest BCUT2D eigenvalue weighted by Gasteiger charge is 2.31. The monoisotopic (exact) mass is 282 g/mol. The largest absolute Gasteiger partial charge is 0.297 e. The lowest BCUT2D eigenvalue weighted by molar-refractivity contribution is -0.119. The van der Waals surface area contributed by atoms with E-state index in [9.17, 15) is 4.79 Å². The van der Waals surface area contributed by atoms with Crippen LogP contribution >= 0.6 is 0 Å². The number of anilines is 1. The smallest absolute Gasteiger partial charge is 0.236 e. The van der Waals surface area contributed by atoms with Gasteiger partial charge in [-0.25, -0.2) is 4.68 Å². The molecule has 5 heteroatoms. The molecule has 1 aliphatic rings. The third kappa shape index (κ3) is 2.05. The Bertz CT molecular complexity index is 730. The van der Waals surface area contributed by atoms with Gasteiger partial charge in [0, 0.05) is 12.8 Å². The molecule has 3 rings (SSSR count). The Morgan fingerprint density at radius 2 is 1.81 bits per heavy atom. The highest BCUT2D eigenvalue weighted by atomic mass is 16.2. The molecular weight excluding hydrogens is 264 g/mol. The number of aromatic nitrogens is 2. The van der Waals surface area contributed by atoms with Gasteiger partial charge in [-0.05, 0) is 32.9 Å². The minimum absolute atomic E-state index is 0.0343. The van der Waals surface area contributed by atoms with Crippen molar-refractivity contribution in [1.82, 2.24) is 9.78 Å². The third-order valence-electron chi connectivity index (χ3n) is 3.94. The number of carbonyl (C=O) groups excluding carboxylic acids is 1. The number of aliphatic imine (C=N–C) groups is 1. The van der Waals surface area contributed by atoms with Crippen molar-refractivity contribution in [2.45, 2.75) is 20.8 Å². The van der Waals surface area contributed by atoms with Crippen LogP contribution in [0.5, 0.6) is 0 Å². The van der Waals surface area contributed by atoms with Crippen LogP contribution in [0, 0.1) is 12.8 Å². The van der Waals surface area contributed by atoms with Crippen LogP contribution in [0.2, 0.25) is 0 Å². The molecule has 0 saturated carbocycles. The van der Waals surface area contributed by atoms with Gasteiger partial charge in [-0.1, -0.05) is 18.2 Å². The van der Waals surface area contributed by atoms with Crippen LogP contribution in [-0.2, 0) is 4.79 Å². The first-order valence-electron chi connectivity index (χ1n) is 6.98. The average Bonchev–Trinajstić information content (AvgIpc) is 2.78. The number of aryl methyl sites for hydroxylation is 1. The molecule has 0 bridgehead atoms. The van der Waals surface area contributed by atoms with Crippen LogP contribution in [0.4, 0.5) is 11.5 Å². The summed E-state index contributed by atoms with van der Waals surface area (Å²) in [7, 11) is 1.78. The molecule has 2 aromatic rings. The number of nitrogens with zero attached hydrogens (tertiary/aromatic N) is 4. The van der Waals surface area contributed by atoms with Gasteiger partial charge >= 0.3 is 0 Å². The molecule has 21 heavy (non-hydrogen) atoms. The Labute approximate surface area is 123 Å². The highest BCUT2D eigenvalue weighted by Crippen LogP contribution is 2.37. The fourth-order valence-corrected chi connectivity index (χ4v) is 2.53. The molecule has 0 N–H and O–H groups in total. The molecule has 1 aliphatic heterocycles. The highest BCUT2D eigenvalue weighted by molar-refractivity contribution is 6.12. The van der Waals surface area contributed by atoms with Gasteiger partial charge in [0.2, 0.25) is 5.91 Å². The SMILES string of the molecule is CC1=Nc2c(C)nn(-c3ccccc3)c2N(C)C(=O)C1C. The van der Waals surface area contributed by atoms with E-state index in [1.807, 2.05) is 51.1 Å². The zero-order valence-corrected chi connectivity index (χ0v) is 12.7. The second-order valence-corrected chi connectivity index (χ2v) is 5.38. The minimum Gasteiger partial charge on any atom is -0.297 e. The molecule has 1 aromatic heterocycles. The second kappa shape index (κ2) is 4.84. The predicted molar refractivity (Wildman–Crippen MR) is 83.6 cm³/mol. The molecule has 0 aliphatic carbocycles. The van der Waals surface area contributed by atoms with Crippen molar-refractivity contribution in [1.29, 1.82) is 0 Å². The lowest BCUT2D eigenvalue weighted by atomic mass is 10.1. The van der Waals surface area contributed by atoms with Crippen LogP contribution in [0.15, 0.2) is 35.3 Å². The number of carbonyl (C=O) groups is 1. The van der Waals surface area contributed by atoms with Crippen LogP contribution < -0.4 is 4.90 Å². The Hall–Kier alpha value is -2.43. The molecule has 0 fully saturated rings. The zero-order chi connectivity index (χ0) is 15.1. The average molecular weight is 282 g/mol. The van der Waals surface area contributed by atoms with Crippen LogP contribution in [0.25, 0.3) is 5.69 Å². The first-order chi connectivity index (χ1) is 10.0. The van der Waals surface area contributed by atoms with Crippen molar-refractivity contribution >= 4 is 23.1 Å². The van der Waals surface area contributed by atoms with Gasteiger partial charge in [0.1, 0.15) is 5.69 Å². The maximum atomic E-state index is 12.5. The number of amides is 1. The van der Waals surface area contributed by atoms with E-state index < -0.39 is 0 Å². The van der Waals surface area contributed by atoms with E-state index in [0.29, 0.717) is 0 Å². The van der Waals surface area contributed by atoms with Gasteiger partial charge in [0.15, 0.2) is 5.82 Å². The van der Waals surface area contributed by atoms with Crippen molar-refractivity contribution in [3.05, 3.63) is 36.0 Å². The first-order valence-corrected chi connectivity index (χ1v) is 6.98. The Kier molecular flexibility index (Phi) is 3.12. The molecule has 1 atom stereocenters. The van der Waals surface area contributed by atoms with Gasteiger partial charge < -0.3 is 0 Å². The summed E-state index contributed by atoms with van der Waals surface area (Å²) in [5.41, 5.74) is 3.34. The Morgan fingerprint density at radius 3 is 2.48 bits per heavy atom. The van der Waals surface area contributed by atoms with E-state index in [1.54, 1.807) is 16.6 Å². The predicted octanol–water partition coefficient (Wildman–Crippen LogP) is 2.89. The Balaban J connectivity index is 2.27. The molecule has 5 nitrogen and oxygen atoms in total. The molecule has 2 heterocycles. The van der Waals surface area contributed by atoms with E-state index >= 15 is 0 Å². The molecule has 0 saturated heterocycles. The van der Waals surface area contributed by atoms with E-state index in [1.165, 1.54) is 0 Å².